The van der Waals surface area contributed by atoms with E-state index in [1.54, 1.807) is 0 Å². The average Bonchev–Trinajstić information content (AvgIpc) is 3.13. The molecule has 0 saturated carbocycles. The third kappa shape index (κ3) is 42.9. The normalized spacial score (nSPS) is 12.8. The topological polar surface area (TPSA) is 119 Å². The van der Waals surface area contributed by atoms with Crippen LogP contribution in [0.3, 0.4) is 0 Å². The number of unbranched alkanes of at least 4 members (excludes halogenated alkanes) is 24. The van der Waals surface area contributed by atoms with Crippen LogP contribution in [-0.4, -0.2) is 41.0 Å². The fourth-order valence-electron chi connectivity index (χ4n) is 6.15. The molecule has 53 heavy (non-hydrogen) atoms. The molecule has 0 fully saturated rings. The van der Waals surface area contributed by atoms with Crippen LogP contribution < -0.4 is 0 Å². The Labute approximate surface area is 325 Å². The first-order valence-electron chi connectivity index (χ1n) is 21.8. The van der Waals surface area contributed by atoms with Gasteiger partial charge >= 0.3 is 19.8 Å². The molecule has 0 aromatic heterocycles. The minimum atomic E-state index is -4.76. The number of allylic oxidation sites excluding steroid dienone is 6. The van der Waals surface area contributed by atoms with Crippen LogP contribution in [0.2, 0.25) is 0 Å². The number of hydrogen-bond acceptors (Lipinski definition) is 6. The van der Waals surface area contributed by atoms with Crippen molar-refractivity contribution >= 4 is 19.8 Å². The van der Waals surface area contributed by atoms with Crippen LogP contribution in [0, 0.1) is 0 Å². The molecule has 1 atom stereocenters. The van der Waals surface area contributed by atoms with Crippen molar-refractivity contribution < 1.29 is 37.9 Å². The molecule has 0 amide bonds. The van der Waals surface area contributed by atoms with E-state index in [9.17, 15) is 14.2 Å². The standard InChI is InChI=1S/C44H81O8P/c1-3-5-7-9-11-13-15-17-19-21-23-24-26-28-30-32-34-36-38-43(45)50-40-42(41-51-53(47,48)49)52-44(46)39-37-35-33-31-29-27-25-22-20-18-16-14-12-10-8-6-4-2/h12,14,18,20,25,27,42H,3-11,13,15-17,19,21-24,26,28-41H2,1-2H3,(H2,47,48,49)/b14-12-,20-18-,27-25-/t42-/m1/s1. The summed E-state index contributed by atoms with van der Waals surface area (Å²) in [6.07, 6.45) is 47.2. The summed E-state index contributed by atoms with van der Waals surface area (Å²) in [7, 11) is -4.76. The molecule has 0 saturated heterocycles. The Morgan fingerprint density at radius 3 is 1.30 bits per heavy atom. The van der Waals surface area contributed by atoms with Gasteiger partial charge in [-0.1, -0.05) is 185 Å². The largest absolute Gasteiger partial charge is 0.469 e. The minimum Gasteiger partial charge on any atom is -0.462 e. The smallest absolute Gasteiger partial charge is 0.462 e. The summed E-state index contributed by atoms with van der Waals surface area (Å²) in [6.45, 7) is 3.66. The van der Waals surface area contributed by atoms with Gasteiger partial charge in [0.25, 0.3) is 0 Å². The second-order valence-corrected chi connectivity index (χ2v) is 15.9. The molecule has 0 aromatic carbocycles. The Bertz CT molecular complexity index is 957. The van der Waals surface area contributed by atoms with Crippen LogP contribution in [0.1, 0.15) is 213 Å². The van der Waals surface area contributed by atoms with Gasteiger partial charge in [0, 0.05) is 12.8 Å². The molecule has 2 N–H and O–H groups in total. The lowest BCUT2D eigenvalue weighted by molar-refractivity contribution is -0.161. The first-order valence-corrected chi connectivity index (χ1v) is 23.3. The van der Waals surface area contributed by atoms with Crippen molar-refractivity contribution in [2.24, 2.45) is 0 Å². The first-order chi connectivity index (χ1) is 25.8. The molecular weight excluding hydrogens is 687 g/mol. The van der Waals surface area contributed by atoms with Crippen molar-refractivity contribution in [2.75, 3.05) is 13.2 Å². The highest BCUT2D eigenvalue weighted by Gasteiger charge is 2.22. The molecule has 0 spiro atoms. The Morgan fingerprint density at radius 2 is 0.849 bits per heavy atom. The van der Waals surface area contributed by atoms with Crippen LogP contribution in [0.5, 0.6) is 0 Å². The van der Waals surface area contributed by atoms with E-state index in [1.165, 1.54) is 122 Å². The third-order valence-corrected chi connectivity index (χ3v) is 9.90. The van der Waals surface area contributed by atoms with E-state index in [-0.39, 0.29) is 19.4 Å². The number of carbonyl (C=O) groups excluding carboxylic acids is 2. The van der Waals surface area contributed by atoms with Crippen molar-refractivity contribution in [3.63, 3.8) is 0 Å². The SMILES string of the molecule is CCCCC/C=C\C/C=C\C/C=C\CCCCCCC(=O)O[C@H](COC(=O)CCCCCCCCCCCCCCCCCCCC)COP(=O)(O)O. The highest BCUT2D eigenvalue weighted by atomic mass is 31.2. The lowest BCUT2D eigenvalue weighted by atomic mass is 10.0. The summed E-state index contributed by atoms with van der Waals surface area (Å²) in [5.41, 5.74) is 0. The minimum absolute atomic E-state index is 0.188. The third-order valence-electron chi connectivity index (χ3n) is 9.41. The number of phosphoric acid groups is 1. The van der Waals surface area contributed by atoms with Gasteiger partial charge < -0.3 is 19.3 Å². The number of phosphoric ester groups is 1. The van der Waals surface area contributed by atoms with E-state index in [4.69, 9.17) is 19.3 Å². The molecule has 0 unspecified atom stereocenters. The first kappa shape index (κ1) is 51.3. The maximum Gasteiger partial charge on any atom is 0.469 e. The highest BCUT2D eigenvalue weighted by molar-refractivity contribution is 7.46. The van der Waals surface area contributed by atoms with Crippen molar-refractivity contribution in [1.82, 2.24) is 0 Å². The zero-order chi connectivity index (χ0) is 38.9. The van der Waals surface area contributed by atoms with Crippen LogP contribution in [0.15, 0.2) is 36.5 Å². The monoisotopic (exact) mass is 769 g/mol. The molecule has 0 aromatic rings. The van der Waals surface area contributed by atoms with Gasteiger partial charge in [0.15, 0.2) is 6.10 Å². The quantitative estimate of drug-likeness (QED) is 0.0274. The molecule has 9 heteroatoms. The van der Waals surface area contributed by atoms with Crippen molar-refractivity contribution in [3.8, 4) is 0 Å². The predicted molar refractivity (Wildman–Crippen MR) is 221 cm³/mol. The molecule has 0 aliphatic rings. The van der Waals surface area contributed by atoms with E-state index in [0.29, 0.717) is 6.42 Å². The van der Waals surface area contributed by atoms with Gasteiger partial charge in [0.2, 0.25) is 0 Å². The number of rotatable bonds is 40. The number of hydrogen-bond donors (Lipinski definition) is 2. The number of ether oxygens (including phenoxy) is 2. The summed E-state index contributed by atoms with van der Waals surface area (Å²) < 4.78 is 26.4. The van der Waals surface area contributed by atoms with Crippen molar-refractivity contribution in [2.45, 2.75) is 219 Å². The molecule has 0 bridgehead atoms. The maximum absolute atomic E-state index is 12.4. The van der Waals surface area contributed by atoms with Crippen LogP contribution in [0.25, 0.3) is 0 Å². The summed E-state index contributed by atoms with van der Waals surface area (Å²) in [6, 6.07) is 0. The molecule has 0 radical (unpaired) electrons. The van der Waals surface area contributed by atoms with Gasteiger partial charge in [0.1, 0.15) is 6.61 Å². The Kier molecular flexibility index (Phi) is 38.6. The second-order valence-electron chi connectivity index (χ2n) is 14.7. The molecule has 0 aliphatic heterocycles. The lowest BCUT2D eigenvalue weighted by Gasteiger charge is -2.18. The van der Waals surface area contributed by atoms with Gasteiger partial charge in [-0.3, -0.25) is 14.1 Å². The van der Waals surface area contributed by atoms with E-state index in [2.05, 4.69) is 54.8 Å². The second kappa shape index (κ2) is 39.9. The van der Waals surface area contributed by atoms with E-state index in [0.717, 1.165) is 57.8 Å². The zero-order valence-corrected chi connectivity index (χ0v) is 35.1. The van der Waals surface area contributed by atoms with E-state index < -0.39 is 32.5 Å². The summed E-state index contributed by atoms with van der Waals surface area (Å²) in [5, 5.41) is 0. The zero-order valence-electron chi connectivity index (χ0n) is 34.2. The fourth-order valence-corrected chi connectivity index (χ4v) is 6.51. The van der Waals surface area contributed by atoms with Gasteiger partial charge in [-0.2, -0.15) is 0 Å². The van der Waals surface area contributed by atoms with Crippen LogP contribution >= 0.6 is 7.82 Å². The molecular formula is C44H81O8P. The number of esters is 2. The Hall–Kier alpha value is -1.73. The summed E-state index contributed by atoms with van der Waals surface area (Å²) in [4.78, 5) is 42.9. The molecule has 0 rings (SSSR count). The molecule has 0 aliphatic carbocycles. The van der Waals surface area contributed by atoms with Crippen LogP contribution in [0.4, 0.5) is 0 Å². The van der Waals surface area contributed by atoms with Gasteiger partial charge in [-0.25, -0.2) is 4.57 Å². The Morgan fingerprint density at radius 1 is 0.491 bits per heavy atom. The lowest BCUT2D eigenvalue weighted by Crippen LogP contribution is -2.29. The van der Waals surface area contributed by atoms with Gasteiger partial charge in [-0.05, 0) is 51.4 Å². The van der Waals surface area contributed by atoms with E-state index in [1.807, 2.05) is 0 Å². The highest BCUT2D eigenvalue weighted by Crippen LogP contribution is 2.36. The van der Waals surface area contributed by atoms with Crippen molar-refractivity contribution in [1.29, 1.82) is 0 Å². The maximum atomic E-state index is 12.4. The summed E-state index contributed by atoms with van der Waals surface area (Å²) in [5.74, 6) is -0.902. The Balaban J connectivity index is 3.92. The van der Waals surface area contributed by atoms with Crippen molar-refractivity contribution in [3.05, 3.63) is 36.5 Å². The fraction of sp³-hybridized carbons (Fsp3) is 0.818. The number of carbonyl (C=O) groups is 2. The van der Waals surface area contributed by atoms with E-state index >= 15 is 0 Å². The average molecular weight is 769 g/mol. The predicted octanol–water partition coefficient (Wildman–Crippen LogP) is 13.4. The summed E-state index contributed by atoms with van der Waals surface area (Å²) >= 11 is 0. The van der Waals surface area contributed by atoms with Gasteiger partial charge in [0.05, 0.1) is 6.61 Å². The molecule has 0 heterocycles. The van der Waals surface area contributed by atoms with Crippen LogP contribution in [-0.2, 0) is 28.2 Å². The molecule has 8 nitrogen and oxygen atoms in total. The molecule has 310 valence electrons. The van der Waals surface area contributed by atoms with Gasteiger partial charge in [-0.15, -0.1) is 0 Å².